The van der Waals surface area contributed by atoms with E-state index in [1.54, 1.807) is 17.0 Å². The fourth-order valence-electron chi connectivity index (χ4n) is 3.29. The number of anilines is 2. The number of benzene rings is 2. The Hall–Kier alpha value is -1.97. The number of carbonyl (C=O) groups excluding carboxylic acids is 1. The van der Waals surface area contributed by atoms with Gasteiger partial charge >= 0.3 is 12.0 Å². The summed E-state index contributed by atoms with van der Waals surface area (Å²) in [5, 5.41) is 12.9. The Labute approximate surface area is 196 Å². The summed E-state index contributed by atoms with van der Waals surface area (Å²) in [4.78, 5) is 28.1. The lowest BCUT2D eigenvalue weighted by Gasteiger charge is -2.36. The van der Waals surface area contributed by atoms with Crippen LogP contribution in [0.15, 0.2) is 45.3 Å². The quantitative estimate of drug-likeness (QED) is 0.481. The van der Waals surface area contributed by atoms with Gasteiger partial charge in [-0.2, -0.15) is 0 Å². The van der Waals surface area contributed by atoms with Crippen molar-refractivity contribution in [3.63, 3.8) is 0 Å². The van der Waals surface area contributed by atoms with Crippen LogP contribution in [0.4, 0.5) is 16.2 Å². The molecule has 0 unspecified atom stereocenters. The summed E-state index contributed by atoms with van der Waals surface area (Å²) in [5.41, 5.74) is 8.08. The molecule has 10 heteroatoms. The molecule has 1 saturated heterocycles. The molecule has 1 heterocycles. The number of aliphatic carboxylic acids is 1. The van der Waals surface area contributed by atoms with Crippen LogP contribution < -0.4 is 16.0 Å². The number of halogens is 3. The summed E-state index contributed by atoms with van der Waals surface area (Å²) in [6.45, 7) is 2.18. The van der Waals surface area contributed by atoms with Gasteiger partial charge in [-0.05, 0) is 61.7 Å². The number of hydrogen-bond acceptors (Lipinski definition) is 4. The van der Waals surface area contributed by atoms with Crippen LogP contribution in [0.1, 0.15) is 5.56 Å². The Balaban J connectivity index is 1.61. The first kappa shape index (κ1) is 22.7. The van der Waals surface area contributed by atoms with E-state index < -0.39 is 18.0 Å². The smallest absolute Gasteiger partial charge is 0.326 e. The zero-order valence-corrected chi connectivity index (χ0v) is 19.9. The van der Waals surface area contributed by atoms with Crippen LogP contribution in [0.3, 0.4) is 0 Å². The minimum atomic E-state index is -1.10. The molecule has 160 valence electrons. The fourth-order valence-corrected chi connectivity index (χ4v) is 4.83. The third-order valence-electron chi connectivity index (χ3n) is 4.93. The third-order valence-corrected chi connectivity index (χ3v) is 6.57. The Bertz CT molecular complexity index is 928. The number of piperazine rings is 1. The summed E-state index contributed by atoms with van der Waals surface area (Å²) >= 11 is 13.0. The molecule has 1 atom stereocenters. The average Bonchev–Trinajstić information content (AvgIpc) is 2.72. The molecule has 2 aromatic carbocycles. The Morgan fingerprint density at radius 3 is 2.30 bits per heavy atom. The number of amides is 2. The summed E-state index contributed by atoms with van der Waals surface area (Å²) in [7, 11) is 0. The van der Waals surface area contributed by atoms with Crippen LogP contribution >= 0.6 is 43.5 Å². The van der Waals surface area contributed by atoms with Crippen molar-refractivity contribution in [1.29, 1.82) is 0 Å². The molecule has 1 aliphatic rings. The second-order valence-electron chi connectivity index (χ2n) is 6.94. The number of hydrogen-bond donors (Lipinski definition) is 3. The van der Waals surface area contributed by atoms with Crippen LogP contribution in [0.2, 0.25) is 5.02 Å². The van der Waals surface area contributed by atoms with E-state index in [1.807, 2.05) is 24.3 Å². The zero-order valence-electron chi connectivity index (χ0n) is 15.9. The molecule has 7 nitrogen and oxygen atoms in total. The average molecular weight is 561 g/mol. The van der Waals surface area contributed by atoms with Crippen molar-refractivity contribution in [3.8, 4) is 0 Å². The SMILES string of the molecule is Nc1c(Br)cc(C[C@@H](NC(=O)N2CCN(c3ccccc3Cl)CC2)C(=O)O)cc1Br. The highest BCUT2D eigenvalue weighted by molar-refractivity contribution is 9.11. The van der Waals surface area contributed by atoms with Gasteiger partial charge in [-0.25, -0.2) is 9.59 Å². The first-order valence-electron chi connectivity index (χ1n) is 9.27. The van der Waals surface area contributed by atoms with E-state index in [2.05, 4.69) is 42.1 Å². The zero-order chi connectivity index (χ0) is 21.8. The lowest BCUT2D eigenvalue weighted by molar-refractivity contribution is -0.139. The molecule has 0 aromatic heterocycles. The van der Waals surface area contributed by atoms with Crippen molar-refractivity contribution in [1.82, 2.24) is 10.2 Å². The Morgan fingerprint density at radius 1 is 1.13 bits per heavy atom. The van der Waals surface area contributed by atoms with Crippen LogP contribution in [0, 0.1) is 0 Å². The molecule has 2 aromatic rings. The van der Waals surface area contributed by atoms with Crippen molar-refractivity contribution in [3.05, 3.63) is 55.9 Å². The number of carboxylic acids is 1. The fraction of sp³-hybridized carbons (Fsp3) is 0.300. The third kappa shape index (κ3) is 5.39. The molecule has 0 aliphatic carbocycles. The van der Waals surface area contributed by atoms with Crippen molar-refractivity contribution in [2.45, 2.75) is 12.5 Å². The first-order chi connectivity index (χ1) is 14.3. The van der Waals surface area contributed by atoms with E-state index in [4.69, 9.17) is 17.3 Å². The highest BCUT2D eigenvalue weighted by Crippen LogP contribution is 2.30. The Kier molecular flexibility index (Phi) is 7.49. The van der Waals surface area contributed by atoms with Gasteiger partial charge in [-0.3, -0.25) is 0 Å². The number of rotatable bonds is 5. The molecule has 1 aliphatic heterocycles. The maximum Gasteiger partial charge on any atom is 0.326 e. The minimum absolute atomic E-state index is 0.137. The minimum Gasteiger partial charge on any atom is -0.480 e. The molecule has 30 heavy (non-hydrogen) atoms. The van der Waals surface area contributed by atoms with Crippen LogP contribution in [-0.4, -0.2) is 54.2 Å². The van der Waals surface area contributed by atoms with Crippen LogP contribution in [0.25, 0.3) is 0 Å². The van der Waals surface area contributed by atoms with Gasteiger partial charge < -0.3 is 26.0 Å². The van der Waals surface area contributed by atoms with Crippen molar-refractivity contribution < 1.29 is 14.7 Å². The number of para-hydroxylation sites is 1. The molecule has 0 saturated carbocycles. The van der Waals surface area contributed by atoms with Gasteiger partial charge in [-0.1, -0.05) is 23.7 Å². The number of carbonyl (C=O) groups is 2. The highest BCUT2D eigenvalue weighted by atomic mass is 79.9. The van der Waals surface area contributed by atoms with Gasteiger partial charge in [0.05, 0.1) is 16.4 Å². The molecule has 2 amide bonds. The molecular formula is C20H21Br2ClN4O3. The van der Waals surface area contributed by atoms with Crippen LogP contribution in [0.5, 0.6) is 0 Å². The summed E-state index contributed by atoms with van der Waals surface area (Å²) < 4.78 is 1.33. The van der Waals surface area contributed by atoms with Gasteiger partial charge in [-0.15, -0.1) is 0 Å². The Morgan fingerprint density at radius 2 is 1.73 bits per heavy atom. The summed E-state index contributed by atoms with van der Waals surface area (Å²) in [5.74, 6) is -1.10. The number of carboxylic acid groups (broad SMARTS) is 1. The van der Waals surface area contributed by atoms with Crippen molar-refractivity contribution in [2.24, 2.45) is 0 Å². The largest absolute Gasteiger partial charge is 0.480 e. The molecular weight excluding hydrogens is 540 g/mol. The van der Waals surface area contributed by atoms with Gasteiger partial charge in [0.25, 0.3) is 0 Å². The molecule has 3 rings (SSSR count). The number of nitrogen functional groups attached to an aromatic ring is 1. The van der Waals surface area contributed by atoms with E-state index in [0.717, 1.165) is 11.3 Å². The van der Waals surface area contributed by atoms with Gasteiger partial charge in [0, 0.05) is 41.5 Å². The number of urea groups is 1. The number of nitrogens with two attached hydrogens (primary N) is 1. The second-order valence-corrected chi connectivity index (χ2v) is 9.06. The predicted octanol–water partition coefficient (Wildman–Crippen LogP) is 3.97. The van der Waals surface area contributed by atoms with E-state index in [9.17, 15) is 14.7 Å². The van der Waals surface area contributed by atoms with Gasteiger partial charge in [0.15, 0.2) is 0 Å². The molecule has 4 N–H and O–H groups in total. The highest BCUT2D eigenvalue weighted by Gasteiger charge is 2.27. The molecule has 0 spiro atoms. The maximum atomic E-state index is 12.7. The van der Waals surface area contributed by atoms with Gasteiger partial charge in [0.2, 0.25) is 0 Å². The summed E-state index contributed by atoms with van der Waals surface area (Å²) in [6.07, 6.45) is 0.137. The predicted molar refractivity (Wildman–Crippen MR) is 125 cm³/mol. The number of nitrogens with zero attached hydrogens (tertiary/aromatic N) is 2. The topological polar surface area (TPSA) is 98.9 Å². The molecule has 1 fully saturated rings. The van der Waals surface area contributed by atoms with Crippen molar-refractivity contribution >= 4 is 66.8 Å². The monoisotopic (exact) mass is 558 g/mol. The lowest BCUT2D eigenvalue weighted by atomic mass is 10.1. The van der Waals surface area contributed by atoms with Gasteiger partial charge in [0.1, 0.15) is 6.04 Å². The van der Waals surface area contributed by atoms with E-state index >= 15 is 0 Å². The lowest BCUT2D eigenvalue weighted by Crippen LogP contribution is -2.55. The normalized spacial score (nSPS) is 15.0. The van der Waals surface area contributed by atoms with E-state index in [0.29, 0.717) is 45.8 Å². The maximum absolute atomic E-state index is 12.7. The van der Waals surface area contributed by atoms with Crippen LogP contribution in [-0.2, 0) is 11.2 Å². The number of nitrogens with one attached hydrogen (secondary N) is 1. The van der Waals surface area contributed by atoms with Crippen molar-refractivity contribution in [2.75, 3.05) is 36.8 Å². The molecule has 0 radical (unpaired) electrons. The van der Waals surface area contributed by atoms with E-state index in [-0.39, 0.29) is 6.42 Å². The summed E-state index contributed by atoms with van der Waals surface area (Å²) in [6, 6.07) is 9.64. The second kappa shape index (κ2) is 9.89. The standard InChI is InChI=1S/C20H21Br2ClN4O3/c21-13-9-12(10-14(22)18(13)24)11-16(19(28)29)25-20(30)27-7-5-26(6-8-27)17-4-2-1-3-15(17)23/h1-4,9-10,16H,5-8,11,24H2,(H,25,30)(H,28,29)/t16-/m1/s1. The van der Waals surface area contributed by atoms with E-state index in [1.165, 1.54) is 0 Å². The first-order valence-corrected chi connectivity index (χ1v) is 11.2. The molecule has 0 bridgehead atoms.